The Morgan fingerprint density at radius 1 is 1.06 bits per heavy atom. The van der Waals surface area contributed by atoms with Crippen molar-refractivity contribution in [3.8, 4) is 23.6 Å². The maximum absolute atomic E-state index is 9.60. The summed E-state index contributed by atoms with van der Waals surface area (Å²) in [5.74, 6) is 0.677. The van der Waals surface area contributed by atoms with Gasteiger partial charge in [-0.2, -0.15) is 20.7 Å². The van der Waals surface area contributed by atoms with Crippen LogP contribution in [-0.4, -0.2) is 53.9 Å². The van der Waals surface area contributed by atoms with Crippen molar-refractivity contribution in [2.24, 2.45) is 0 Å². The molecule has 0 radical (unpaired) electrons. The predicted molar refractivity (Wildman–Crippen MR) is 139 cm³/mol. The van der Waals surface area contributed by atoms with Crippen LogP contribution in [0.25, 0.3) is 11.0 Å². The van der Waals surface area contributed by atoms with Crippen LogP contribution in [0.2, 0.25) is 0 Å². The highest BCUT2D eigenvalue weighted by Gasteiger charge is 2.32. The molecule has 0 aliphatic carbocycles. The molecule has 1 saturated heterocycles. The molecule has 4 aromatic rings. The molecule has 188 valence electrons. The Morgan fingerprint density at radius 2 is 1.53 bits per heavy atom. The molecule has 0 spiro atoms. The fraction of sp³-hybridized carbons (Fsp3) is 0.333. The van der Waals surface area contributed by atoms with Crippen LogP contribution >= 0.6 is 31.9 Å². The second-order valence-corrected chi connectivity index (χ2v) is 10.9. The molecule has 5 rings (SSSR count). The molecule has 4 aromatic heterocycles. The van der Waals surface area contributed by atoms with Gasteiger partial charge < -0.3 is 19.7 Å². The Bertz CT molecular complexity index is 1470. The number of aromatic hydroxyl groups is 1. The lowest BCUT2D eigenvalue weighted by molar-refractivity contribution is 0.0283. The molecule has 36 heavy (non-hydrogen) atoms. The lowest BCUT2D eigenvalue weighted by atomic mass is 10.2. The zero-order valence-corrected chi connectivity index (χ0v) is 23.2. The first-order valence-corrected chi connectivity index (χ1v) is 12.2. The Kier molecular flexibility index (Phi) is 8.26. The van der Waals surface area contributed by atoms with Gasteiger partial charge in [0, 0.05) is 8.95 Å². The number of pyridine rings is 2. The van der Waals surface area contributed by atoms with E-state index in [0.29, 0.717) is 32.4 Å². The Hall–Kier alpha value is -3.16. The molecule has 2 N–H and O–H groups in total. The van der Waals surface area contributed by atoms with Gasteiger partial charge in [-0.15, -0.1) is 0 Å². The molecule has 10 nitrogen and oxygen atoms in total. The molecule has 0 bridgehead atoms. The van der Waals surface area contributed by atoms with Gasteiger partial charge in [0.05, 0.1) is 64.8 Å². The van der Waals surface area contributed by atoms with Crippen molar-refractivity contribution >= 4 is 42.9 Å². The molecule has 0 saturated carbocycles. The van der Waals surface area contributed by atoms with Crippen LogP contribution in [0.1, 0.15) is 38.8 Å². The molecular weight excluding hydrogens is 596 g/mol. The molecule has 5 heterocycles. The van der Waals surface area contributed by atoms with Crippen molar-refractivity contribution in [2.75, 3.05) is 13.2 Å². The summed E-state index contributed by atoms with van der Waals surface area (Å²) in [7, 11) is 0. The van der Waals surface area contributed by atoms with Crippen molar-refractivity contribution in [1.29, 1.82) is 10.5 Å². The van der Waals surface area contributed by atoms with Crippen molar-refractivity contribution in [1.82, 2.24) is 19.2 Å². The van der Waals surface area contributed by atoms with Gasteiger partial charge in [-0.25, -0.2) is 9.03 Å². The normalized spacial score (nSPS) is 13.6. The summed E-state index contributed by atoms with van der Waals surface area (Å²) in [5.41, 5.74) is 1.69. The number of hydrogen-bond acceptors (Lipinski definition) is 8. The number of nitriles is 2. The van der Waals surface area contributed by atoms with E-state index in [4.69, 9.17) is 20.0 Å². The molecule has 1 aliphatic heterocycles. The first-order chi connectivity index (χ1) is 16.8. The summed E-state index contributed by atoms with van der Waals surface area (Å²) in [5, 5.41) is 44.5. The molecular formula is C24H24Br2N6O4. The van der Waals surface area contributed by atoms with Gasteiger partial charge in [0.15, 0.2) is 0 Å². The highest BCUT2D eigenvalue weighted by molar-refractivity contribution is 9.11. The van der Waals surface area contributed by atoms with Crippen LogP contribution in [0.4, 0.5) is 0 Å². The highest BCUT2D eigenvalue weighted by atomic mass is 79.9. The molecule has 0 amide bonds. The van der Waals surface area contributed by atoms with E-state index < -0.39 is 5.60 Å². The summed E-state index contributed by atoms with van der Waals surface area (Å²) in [6.07, 6.45) is 6.08. The van der Waals surface area contributed by atoms with Crippen LogP contribution in [-0.2, 0) is 4.74 Å². The molecule has 0 unspecified atom stereocenters. The summed E-state index contributed by atoms with van der Waals surface area (Å²) >= 11 is 6.63. The first-order valence-electron chi connectivity index (χ1n) is 10.7. The van der Waals surface area contributed by atoms with Crippen molar-refractivity contribution in [2.45, 2.75) is 38.9 Å². The number of rotatable bonds is 3. The van der Waals surface area contributed by atoms with Crippen molar-refractivity contribution in [3.05, 3.63) is 57.0 Å². The first kappa shape index (κ1) is 27.4. The number of hydrogen-bond donors (Lipinski definition) is 2. The van der Waals surface area contributed by atoms with Crippen molar-refractivity contribution in [3.63, 3.8) is 0 Å². The average molecular weight is 620 g/mol. The fourth-order valence-corrected chi connectivity index (χ4v) is 4.01. The van der Waals surface area contributed by atoms with E-state index >= 15 is 0 Å². The molecule has 1 aliphatic rings. The zero-order chi connectivity index (χ0) is 26.7. The third-order valence-corrected chi connectivity index (χ3v) is 5.85. The summed E-state index contributed by atoms with van der Waals surface area (Å²) in [4.78, 5) is 0. The van der Waals surface area contributed by atoms with E-state index in [-0.39, 0.29) is 18.0 Å². The van der Waals surface area contributed by atoms with E-state index in [2.05, 4.69) is 62.0 Å². The number of fused-ring (bicyclic) bond motifs is 2. The van der Waals surface area contributed by atoms with Crippen LogP contribution in [0, 0.1) is 22.7 Å². The maximum atomic E-state index is 9.60. The summed E-state index contributed by atoms with van der Waals surface area (Å²) < 4.78 is 14.8. The number of epoxide rings is 1. The van der Waals surface area contributed by atoms with Gasteiger partial charge in [0.25, 0.3) is 0 Å². The van der Waals surface area contributed by atoms with Gasteiger partial charge in [-0.3, -0.25) is 0 Å². The van der Waals surface area contributed by atoms with Crippen LogP contribution in [0.5, 0.6) is 11.5 Å². The maximum Gasteiger partial charge on any atom is 0.138 e. The standard InChI is InChI=1S/C12H12BrN3O2.C8H4BrN3O.C4H8O/c1-12(2,17)7-18-9-3-10(13)11-8(4-14)5-15-16(11)6-9;9-7-1-6(13)4-12-8(7)5(2-10)3-11-12;1-4(2)3-5-4/h3,5-6,17H,7H2,1-2H3;1,3-4,13H;3H2,1-2H3. The lowest BCUT2D eigenvalue weighted by Gasteiger charge is -2.17. The summed E-state index contributed by atoms with van der Waals surface area (Å²) in [6.45, 7) is 8.62. The predicted octanol–water partition coefficient (Wildman–Crippen LogP) is 4.59. The van der Waals surface area contributed by atoms with Gasteiger partial charge in [0.1, 0.15) is 30.2 Å². The minimum absolute atomic E-state index is 0.104. The monoisotopic (exact) mass is 618 g/mol. The third-order valence-electron chi connectivity index (χ3n) is 4.65. The highest BCUT2D eigenvalue weighted by Crippen LogP contribution is 2.27. The van der Waals surface area contributed by atoms with E-state index in [0.717, 1.165) is 11.1 Å². The topological polar surface area (TPSA) is 144 Å². The fourth-order valence-electron chi connectivity index (χ4n) is 2.76. The van der Waals surface area contributed by atoms with Gasteiger partial charge in [-0.05, 0) is 71.7 Å². The van der Waals surface area contributed by atoms with Crippen LogP contribution in [0.15, 0.2) is 45.9 Å². The molecule has 0 atom stereocenters. The Balaban J connectivity index is 0.000000173. The van der Waals surface area contributed by atoms with E-state index in [9.17, 15) is 10.2 Å². The minimum atomic E-state index is -0.899. The summed E-state index contributed by atoms with van der Waals surface area (Å²) in [6, 6.07) is 7.37. The number of halogens is 2. The van der Waals surface area contributed by atoms with Crippen LogP contribution < -0.4 is 4.74 Å². The Labute approximate surface area is 224 Å². The molecule has 0 aromatic carbocycles. The molecule has 12 heteroatoms. The second kappa shape index (κ2) is 10.8. The average Bonchev–Trinajstić information content (AvgIpc) is 3.18. The number of ether oxygens (including phenoxy) is 2. The minimum Gasteiger partial charge on any atom is -0.506 e. The van der Waals surface area contributed by atoms with E-state index in [1.54, 1.807) is 30.6 Å². The third kappa shape index (κ3) is 7.18. The van der Waals surface area contributed by atoms with Gasteiger partial charge in [-0.1, -0.05) is 0 Å². The molecule has 1 fully saturated rings. The lowest BCUT2D eigenvalue weighted by Crippen LogP contribution is -2.27. The zero-order valence-electron chi connectivity index (χ0n) is 20.0. The number of aliphatic hydroxyl groups is 1. The quantitative estimate of drug-likeness (QED) is 0.317. The van der Waals surface area contributed by atoms with Gasteiger partial charge in [0.2, 0.25) is 0 Å². The Morgan fingerprint density at radius 3 is 1.97 bits per heavy atom. The smallest absolute Gasteiger partial charge is 0.138 e. The van der Waals surface area contributed by atoms with E-state index in [1.165, 1.54) is 29.2 Å². The van der Waals surface area contributed by atoms with Gasteiger partial charge >= 0.3 is 0 Å². The van der Waals surface area contributed by atoms with Crippen molar-refractivity contribution < 1.29 is 19.7 Å². The van der Waals surface area contributed by atoms with E-state index in [1.807, 2.05) is 6.07 Å². The van der Waals surface area contributed by atoms with Crippen LogP contribution in [0.3, 0.4) is 0 Å². The number of nitrogens with zero attached hydrogens (tertiary/aromatic N) is 6. The second-order valence-electron chi connectivity index (χ2n) is 9.15. The largest absolute Gasteiger partial charge is 0.506 e. The SMILES string of the molecule is CC(C)(O)COc1cc(Br)c2c(C#N)cnn2c1.CC1(C)CO1.N#Cc1cnn2cc(O)cc(Br)c12. The number of aromatic nitrogens is 4.